The summed E-state index contributed by atoms with van der Waals surface area (Å²) in [6.45, 7) is 8.39. The van der Waals surface area contributed by atoms with Crippen molar-refractivity contribution in [3.63, 3.8) is 0 Å². The van der Waals surface area contributed by atoms with Gasteiger partial charge in [-0.2, -0.15) is 9.40 Å². The average Bonchev–Trinajstić information content (AvgIpc) is 3.30. The quantitative estimate of drug-likeness (QED) is 0.309. The number of para-hydroxylation sites is 1. The molecule has 1 aliphatic rings. The van der Waals surface area contributed by atoms with Gasteiger partial charge in [-0.15, -0.1) is 24.0 Å². The van der Waals surface area contributed by atoms with Gasteiger partial charge in [-0.05, 0) is 51.3 Å². The Morgan fingerprint density at radius 2 is 2.00 bits per heavy atom. The summed E-state index contributed by atoms with van der Waals surface area (Å²) in [5, 5.41) is 11.2. The van der Waals surface area contributed by atoms with Crippen molar-refractivity contribution in [3.8, 4) is 5.69 Å². The second-order valence-electron chi connectivity index (χ2n) is 7.71. The molecule has 2 aromatic rings. The number of hydrogen-bond acceptors (Lipinski definition) is 4. The second kappa shape index (κ2) is 11.3. The predicted molar refractivity (Wildman–Crippen MR) is 136 cm³/mol. The standard InChI is InChI=1S/C21H32N6O2S.HI/c1-5-22-21(24-15-19-10-8-12-26(19)30(4,28)29)23-14-18-9-6-7-11-20(18)27-17(3)13-16(2)25-27;/h6-7,9,11,13,19H,5,8,10,12,14-15H2,1-4H3,(H2,22,23,24);1H/t19-;/m1./s1. The first-order valence-electron chi connectivity index (χ1n) is 10.4. The molecule has 1 aromatic carbocycles. The fraction of sp³-hybridized carbons (Fsp3) is 0.524. The van der Waals surface area contributed by atoms with Crippen LogP contribution in [0.4, 0.5) is 0 Å². The van der Waals surface area contributed by atoms with Crippen molar-refractivity contribution in [2.45, 2.75) is 46.2 Å². The van der Waals surface area contributed by atoms with Crippen LogP contribution < -0.4 is 10.6 Å². The van der Waals surface area contributed by atoms with E-state index in [4.69, 9.17) is 4.99 Å². The third-order valence-corrected chi connectivity index (χ3v) is 6.57. The molecule has 0 saturated carbocycles. The first-order valence-corrected chi connectivity index (χ1v) is 12.2. The molecule has 0 radical (unpaired) electrons. The van der Waals surface area contributed by atoms with E-state index in [2.05, 4.69) is 27.9 Å². The van der Waals surface area contributed by atoms with Gasteiger partial charge in [-0.25, -0.2) is 18.1 Å². The molecule has 172 valence electrons. The van der Waals surface area contributed by atoms with E-state index in [9.17, 15) is 8.42 Å². The lowest BCUT2D eigenvalue weighted by atomic mass is 10.2. The monoisotopic (exact) mass is 560 g/mol. The van der Waals surface area contributed by atoms with E-state index in [0.717, 1.165) is 42.0 Å². The highest BCUT2D eigenvalue weighted by molar-refractivity contribution is 14.0. The molecule has 0 amide bonds. The minimum Gasteiger partial charge on any atom is -0.357 e. The highest BCUT2D eigenvalue weighted by atomic mass is 127. The molecule has 1 atom stereocenters. The number of aromatic nitrogens is 2. The van der Waals surface area contributed by atoms with Crippen LogP contribution in [0.1, 0.15) is 36.7 Å². The smallest absolute Gasteiger partial charge is 0.211 e. The van der Waals surface area contributed by atoms with Crippen LogP contribution in [-0.4, -0.2) is 60.4 Å². The van der Waals surface area contributed by atoms with Gasteiger partial charge < -0.3 is 10.6 Å². The molecule has 0 bridgehead atoms. The van der Waals surface area contributed by atoms with Crippen molar-refractivity contribution in [1.29, 1.82) is 0 Å². The summed E-state index contributed by atoms with van der Waals surface area (Å²) in [5.74, 6) is 0.682. The third-order valence-electron chi connectivity index (χ3n) is 5.24. The number of sulfonamides is 1. The molecule has 0 aliphatic carbocycles. The normalized spacial score (nSPS) is 17.4. The van der Waals surface area contributed by atoms with Crippen molar-refractivity contribution in [3.05, 3.63) is 47.3 Å². The van der Waals surface area contributed by atoms with Crippen LogP contribution in [0.5, 0.6) is 0 Å². The summed E-state index contributed by atoms with van der Waals surface area (Å²) in [4.78, 5) is 4.74. The molecule has 1 aromatic heterocycles. The molecule has 1 aliphatic heterocycles. The van der Waals surface area contributed by atoms with Crippen molar-refractivity contribution >= 4 is 40.0 Å². The Morgan fingerprint density at radius 3 is 2.65 bits per heavy atom. The number of hydrogen-bond donors (Lipinski definition) is 2. The van der Waals surface area contributed by atoms with E-state index < -0.39 is 10.0 Å². The second-order valence-corrected chi connectivity index (χ2v) is 9.65. The van der Waals surface area contributed by atoms with E-state index in [-0.39, 0.29) is 30.0 Å². The average molecular weight is 561 g/mol. The number of aryl methyl sites for hydroxylation is 2. The zero-order valence-corrected chi connectivity index (χ0v) is 21.8. The molecule has 0 spiro atoms. The summed E-state index contributed by atoms with van der Waals surface area (Å²) in [6.07, 6.45) is 3.03. The van der Waals surface area contributed by atoms with Crippen LogP contribution in [0.2, 0.25) is 0 Å². The van der Waals surface area contributed by atoms with Gasteiger partial charge in [0.05, 0.1) is 24.2 Å². The number of guanidine groups is 1. The number of halogens is 1. The highest BCUT2D eigenvalue weighted by Gasteiger charge is 2.31. The molecule has 10 heteroatoms. The van der Waals surface area contributed by atoms with Crippen LogP contribution >= 0.6 is 24.0 Å². The van der Waals surface area contributed by atoms with E-state index >= 15 is 0 Å². The first-order chi connectivity index (χ1) is 14.3. The number of rotatable bonds is 7. The van der Waals surface area contributed by atoms with Crippen molar-refractivity contribution < 1.29 is 8.42 Å². The summed E-state index contributed by atoms with van der Waals surface area (Å²) in [6, 6.07) is 10.1. The lowest BCUT2D eigenvalue weighted by molar-refractivity contribution is 0.387. The Labute approximate surface area is 202 Å². The molecular weight excluding hydrogens is 527 g/mol. The first kappa shape index (κ1) is 25.6. The molecular formula is C21H33IN6O2S. The van der Waals surface area contributed by atoms with Gasteiger partial charge in [0, 0.05) is 31.4 Å². The van der Waals surface area contributed by atoms with Crippen LogP contribution in [0, 0.1) is 13.8 Å². The maximum absolute atomic E-state index is 12.0. The molecule has 1 fully saturated rings. The summed E-state index contributed by atoms with van der Waals surface area (Å²) < 4.78 is 27.5. The molecule has 2 N–H and O–H groups in total. The Kier molecular flexibility index (Phi) is 9.31. The Morgan fingerprint density at radius 1 is 1.26 bits per heavy atom. The molecule has 31 heavy (non-hydrogen) atoms. The maximum Gasteiger partial charge on any atom is 0.211 e. The van der Waals surface area contributed by atoms with Gasteiger partial charge in [0.1, 0.15) is 0 Å². The zero-order chi connectivity index (χ0) is 21.7. The highest BCUT2D eigenvalue weighted by Crippen LogP contribution is 2.20. The van der Waals surface area contributed by atoms with Crippen LogP contribution in [0.25, 0.3) is 5.69 Å². The lowest BCUT2D eigenvalue weighted by Gasteiger charge is -2.23. The minimum absolute atomic E-state index is 0. The predicted octanol–water partition coefficient (Wildman–Crippen LogP) is 2.59. The lowest BCUT2D eigenvalue weighted by Crippen LogP contribution is -2.46. The molecule has 3 rings (SSSR count). The number of benzene rings is 1. The Hall–Kier alpha value is -1.66. The number of aliphatic imine (C=N–C) groups is 1. The third kappa shape index (κ3) is 6.66. The van der Waals surface area contributed by atoms with Gasteiger partial charge >= 0.3 is 0 Å². The minimum atomic E-state index is -3.18. The summed E-state index contributed by atoms with van der Waals surface area (Å²) in [7, 11) is -3.18. The van der Waals surface area contributed by atoms with Gasteiger partial charge in [0.2, 0.25) is 10.0 Å². The SMILES string of the molecule is CCNC(=NCc1ccccc1-n1nc(C)cc1C)NC[C@H]1CCCN1S(C)(=O)=O.I. The largest absolute Gasteiger partial charge is 0.357 e. The van der Waals surface area contributed by atoms with Gasteiger partial charge in [0.15, 0.2) is 5.96 Å². The molecule has 0 unspecified atom stereocenters. The van der Waals surface area contributed by atoms with Crippen LogP contribution in [0.15, 0.2) is 35.3 Å². The fourth-order valence-corrected chi connectivity index (χ4v) is 5.08. The van der Waals surface area contributed by atoms with E-state index in [0.29, 0.717) is 25.6 Å². The molecule has 1 saturated heterocycles. The van der Waals surface area contributed by atoms with E-state index in [1.54, 1.807) is 4.31 Å². The van der Waals surface area contributed by atoms with E-state index in [1.165, 1.54) is 6.26 Å². The Balaban J connectivity index is 0.00000341. The summed E-state index contributed by atoms with van der Waals surface area (Å²) >= 11 is 0. The van der Waals surface area contributed by atoms with Gasteiger partial charge in [-0.3, -0.25) is 0 Å². The Bertz CT molecular complexity index is 1010. The molecule has 8 nitrogen and oxygen atoms in total. The number of nitrogens with one attached hydrogen (secondary N) is 2. The van der Waals surface area contributed by atoms with Crippen LogP contribution in [-0.2, 0) is 16.6 Å². The van der Waals surface area contributed by atoms with Crippen molar-refractivity contribution in [1.82, 2.24) is 24.7 Å². The number of nitrogens with zero attached hydrogens (tertiary/aromatic N) is 4. The fourth-order valence-electron chi connectivity index (χ4n) is 3.89. The van der Waals surface area contributed by atoms with Gasteiger partial charge in [0.25, 0.3) is 0 Å². The van der Waals surface area contributed by atoms with Crippen molar-refractivity contribution in [2.24, 2.45) is 4.99 Å². The topological polar surface area (TPSA) is 91.6 Å². The maximum atomic E-state index is 12.0. The van der Waals surface area contributed by atoms with Gasteiger partial charge in [-0.1, -0.05) is 18.2 Å². The van der Waals surface area contributed by atoms with E-state index in [1.807, 2.05) is 43.7 Å². The summed E-state index contributed by atoms with van der Waals surface area (Å²) in [5.41, 5.74) is 4.14. The van der Waals surface area contributed by atoms with Crippen LogP contribution in [0.3, 0.4) is 0 Å². The van der Waals surface area contributed by atoms with Crippen molar-refractivity contribution in [2.75, 3.05) is 25.9 Å². The molecule has 2 heterocycles. The zero-order valence-electron chi connectivity index (χ0n) is 18.6.